The Morgan fingerprint density at radius 2 is 1.90 bits per heavy atom. The second kappa shape index (κ2) is 7.97. The third kappa shape index (κ3) is 6.12. The second-order valence-electron chi connectivity index (χ2n) is 5.67. The van der Waals surface area contributed by atoms with E-state index in [9.17, 15) is 14.4 Å². The Hall–Kier alpha value is -1.63. The number of esters is 1. The molecule has 1 atom stereocenters. The first kappa shape index (κ1) is 17.4. The summed E-state index contributed by atoms with van der Waals surface area (Å²) >= 11 is 0. The van der Waals surface area contributed by atoms with Crippen LogP contribution in [0.25, 0.3) is 0 Å². The largest absolute Gasteiger partial charge is 0.480 e. The number of carbonyl (C=O) groups excluding carboxylic acids is 2. The predicted octanol–water partition coefficient (Wildman–Crippen LogP) is 0.561. The Morgan fingerprint density at radius 1 is 1.29 bits per heavy atom. The maximum Gasteiger partial charge on any atom is 0.326 e. The molecule has 0 saturated heterocycles. The van der Waals surface area contributed by atoms with Gasteiger partial charge in [0, 0.05) is 18.4 Å². The van der Waals surface area contributed by atoms with Crippen molar-refractivity contribution in [2.75, 3.05) is 7.11 Å². The summed E-state index contributed by atoms with van der Waals surface area (Å²) in [6.07, 6.45) is 4.74. The van der Waals surface area contributed by atoms with E-state index in [2.05, 4.69) is 10.1 Å². The van der Waals surface area contributed by atoms with E-state index in [4.69, 9.17) is 10.8 Å². The first-order valence-corrected chi connectivity index (χ1v) is 7.24. The highest BCUT2D eigenvalue weighted by Crippen LogP contribution is 2.28. The van der Waals surface area contributed by atoms with Crippen molar-refractivity contribution in [1.82, 2.24) is 5.32 Å². The smallest absolute Gasteiger partial charge is 0.326 e. The number of carboxylic acids is 1. The first-order valence-electron chi connectivity index (χ1n) is 7.24. The van der Waals surface area contributed by atoms with Crippen LogP contribution in [0.3, 0.4) is 0 Å². The maximum absolute atomic E-state index is 12.0. The molecule has 1 unspecified atom stereocenters. The van der Waals surface area contributed by atoms with Crippen molar-refractivity contribution in [3.8, 4) is 0 Å². The number of rotatable bonds is 7. The topological polar surface area (TPSA) is 119 Å². The number of amides is 1. The Kier molecular flexibility index (Phi) is 6.61. The lowest BCUT2D eigenvalue weighted by Gasteiger charge is -2.33. The highest BCUT2D eigenvalue weighted by Gasteiger charge is 2.31. The van der Waals surface area contributed by atoms with E-state index < -0.39 is 23.5 Å². The zero-order chi connectivity index (χ0) is 15.9. The summed E-state index contributed by atoms with van der Waals surface area (Å²) in [7, 11) is 1.23. The van der Waals surface area contributed by atoms with Crippen LogP contribution in [-0.2, 0) is 19.1 Å². The molecule has 0 aromatic carbocycles. The zero-order valence-electron chi connectivity index (χ0n) is 12.4. The van der Waals surface area contributed by atoms with Crippen LogP contribution in [0.1, 0.15) is 51.4 Å². The van der Waals surface area contributed by atoms with E-state index in [0.29, 0.717) is 0 Å². The normalized spacial score (nSPS) is 18.6. The number of nitrogens with two attached hydrogens (primary N) is 1. The number of methoxy groups -OCH3 is 1. The van der Waals surface area contributed by atoms with Gasteiger partial charge in [-0.1, -0.05) is 19.3 Å². The van der Waals surface area contributed by atoms with Crippen molar-refractivity contribution in [1.29, 1.82) is 0 Å². The molecular weight excluding hydrogens is 276 g/mol. The molecule has 0 radical (unpaired) electrons. The highest BCUT2D eigenvalue weighted by atomic mass is 16.5. The average molecular weight is 300 g/mol. The fourth-order valence-electron chi connectivity index (χ4n) is 2.62. The van der Waals surface area contributed by atoms with E-state index in [1.54, 1.807) is 0 Å². The third-order valence-electron chi connectivity index (χ3n) is 3.86. The number of hydrogen-bond acceptors (Lipinski definition) is 5. The molecule has 1 saturated carbocycles. The molecule has 0 aromatic rings. The summed E-state index contributed by atoms with van der Waals surface area (Å²) in [5.41, 5.74) is 5.64. The molecule has 1 amide bonds. The molecule has 1 fully saturated rings. The molecule has 0 spiro atoms. The monoisotopic (exact) mass is 300 g/mol. The summed E-state index contributed by atoms with van der Waals surface area (Å²) in [5, 5.41) is 11.5. The molecule has 120 valence electrons. The number of aliphatic carboxylic acids is 1. The van der Waals surface area contributed by atoms with Crippen LogP contribution in [0, 0.1) is 0 Å². The molecule has 4 N–H and O–H groups in total. The highest BCUT2D eigenvalue weighted by molar-refractivity contribution is 5.84. The third-order valence-corrected chi connectivity index (χ3v) is 3.86. The molecule has 0 heterocycles. The van der Waals surface area contributed by atoms with Crippen molar-refractivity contribution >= 4 is 17.8 Å². The Balaban J connectivity index is 2.48. The van der Waals surface area contributed by atoms with Crippen molar-refractivity contribution in [2.24, 2.45) is 5.73 Å². The van der Waals surface area contributed by atoms with Gasteiger partial charge in [-0.15, -0.1) is 0 Å². The SMILES string of the molecule is COC(=O)CCC(NC(=O)CC1(N)CCCCC1)C(=O)O. The van der Waals surface area contributed by atoms with Gasteiger partial charge in [-0.3, -0.25) is 9.59 Å². The second-order valence-corrected chi connectivity index (χ2v) is 5.67. The van der Waals surface area contributed by atoms with E-state index in [1.165, 1.54) is 7.11 Å². The van der Waals surface area contributed by atoms with Gasteiger partial charge >= 0.3 is 11.9 Å². The van der Waals surface area contributed by atoms with Gasteiger partial charge < -0.3 is 20.9 Å². The molecule has 21 heavy (non-hydrogen) atoms. The van der Waals surface area contributed by atoms with E-state index >= 15 is 0 Å². The summed E-state index contributed by atoms with van der Waals surface area (Å²) in [6.45, 7) is 0. The Morgan fingerprint density at radius 3 is 2.43 bits per heavy atom. The van der Waals surface area contributed by atoms with Gasteiger partial charge in [0.25, 0.3) is 0 Å². The molecule has 1 aliphatic rings. The Labute approximate surface area is 124 Å². The molecule has 0 aliphatic heterocycles. The summed E-state index contributed by atoms with van der Waals surface area (Å²) in [5.74, 6) is -2.04. The van der Waals surface area contributed by atoms with Crippen LogP contribution >= 0.6 is 0 Å². The van der Waals surface area contributed by atoms with Gasteiger partial charge in [0.2, 0.25) is 5.91 Å². The van der Waals surface area contributed by atoms with E-state index in [-0.39, 0.29) is 25.2 Å². The van der Waals surface area contributed by atoms with Gasteiger partial charge in [-0.25, -0.2) is 4.79 Å². The van der Waals surface area contributed by atoms with Crippen molar-refractivity contribution in [2.45, 2.75) is 62.9 Å². The minimum atomic E-state index is -1.16. The molecule has 1 rings (SSSR count). The van der Waals surface area contributed by atoms with Gasteiger partial charge in [-0.2, -0.15) is 0 Å². The van der Waals surface area contributed by atoms with E-state index in [0.717, 1.165) is 32.1 Å². The summed E-state index contributed by atoms with van der Waals surface area (Å²) in [6, 6.07) is -1.09. The number of hydrogen-bond donors (Lipinski definition) is 3. The summed E-state index contributed by atoms with van der Waals surface area (Å²) in [4.78, 5) is 34.1. The van der Waals surface area contributed by atoms with Crippen molar-refractivity contribution in [3.63, 3.8) is 0 Å². The number of carboxylic acid groups (broad SMARTS) is 1. The van der Waals surface area contributed by atoms with Gasteiger partial charge in [-0.05, 0) is 19.3 Å². The lowest BCUT2D eigenvalue weighted by molar-refractivity contribution is -0.144. The van der Waals surface area contributed by atoms with Gasteiger partial charge in [0.15, 0.2) is 0 Å². The number of carbonyl (C=O) groups is 3. The molecule has 7 nitrogen and oxygen atoms in total. The summed E-state index contributed by atoms with van der Waals surface area (Å²) < 4.78 is 4.46. The standard InChI is InChI=1S/C14H24N2O5/c1-21-12(18)6-5-10(13(19)20)16-11(17)9-14(15)7-3-2-4-8-14/h10H,2-9,15H2,1H3,(H,16,17)(H,19,20). The maximum atomic E-state index is 12.0. The lowest BCUT2D eigenvalue weighted by atomic mass is 9.80. The van der Waals surface area contributed by atoms with Crippen LogP contribution in [-0.4, -0.2) is 41.6 Å². The zero-order valence-corrected chi connectivity index (χ0v) is 12.4. The quantitative estimate of drug-likeness (QED) is 0.591. The van der Waals surface area contributed by atoms with Crippen LogP contribution in [0.2, 0.25) is 0 Å². The Bertz CT molecular complexity index is 391. The van der Waals surface area contributed by atoms with Crippen LogP contribution in [0.5, 0.6) is 0 Å². The number of ether oxygens (including phenoxy) is 1. The van der Waals surface area contributed by atoms with Gasteiger partial charge in [0.05, 0.1) is 7.11 Å². The molecule has 7 heteroatoms. The molecule has 1 aliphatic carbocycles. The van der Waals surface area contributed by atoms with Crippen LogP contribution < -0.4 is 11.1 Å². The predicted molar refractivity (Wildman–Crippen MR) is 75.4 cm³/mol. The van der Waals surface area contributed by atoms with E-state index in [1.807, 2.05) is 0 Å². The number of nitrogens with one attached hydrogen (secondary N) is 1. The average Bonchev–Trinajstić information content (AvgIpc) is 2.42. The fraction of sp³-hybridized carbons (Fsp3) is 0.786. The minimum absolute atomic E-state index is 0.00528. The molecular formula is C14H24N2O5. The van der Waals surface area contributed by atoms with Crippen LogP contribution in [0.15, 0.2) is 0 Å². The molecule has 0 bridgehead atoms. The van der Waals surface area contributed by atoms with Gasteiger partial charge in [0.1, 0.15) is 6.04 Å². The lowest BCUT2D eigenvalue weighted by Crippen LogP contribution is -2.49. The molecule has 0 aromatic heterocycles. The van der Waals surface area contributed by atoms with Crippen LogP contribution in [0.4, 0.5) is 0 Å². The van der Waals surface area contributed by atoms with Crippen molar-refractivity contribution < 1.29 is 24.2 Å². The first-order chi connectivity index (χ1) is 9.86. The fourth-order valence-corrected chi connectivity index (χ4v) is 2.62. The minimum Gasteiger partial charge on any atom is -0.480 e. The van der Waals surface area contributed by atoms with Crippen molar-refractivity contribution in [3.05, 3.63) is 0 Å².